The van der Waals surface area contributed by atoms with Crippen LogP contribution in [0.15, 0.2) is 57.5 Å². The van der Waals surface area contributed by atoms with Gasteiger partial charge in [0.2, 0.25) is 0 Å². The lowest BCUT2D eigenvalue weighted by Crippen LogP contribution is -2.31. The molecule has 2 aromatic carbocycles. The van der Waals surface area contributed by atoms with Crippen LogP contribution in [0.1, 0.15) is 0 Å². The molecule has 6 heteroatoms. The quantitative estimate of drug-likeness (QED) is 0.556. The van der Waals surface area contributed by atoms with Crippen LogP contribution in [0.5, 0.6) is 0 Å². The summed E-state index contributed by atoms with van der Waals surface area (Å²) in [6.45, 7) is 0. The summed E-state index contributed by atoms with van der Waals surface area (Å²) in [7, 11) is 0. The van der Waals surface area contributed by atoms with Gasteiger partial charge in [-0.1, -0.05) is 31.9 Å². The second-order valence-electron chi connectivity index (χ2n) is 4.96. The van der Waals surface area contributed by atoms with Crippen LogP contribution in [0.3, 0.4) is 0 Å². The fourth-order valence-electron chi connectivity index (χ4n) is 2.20. The van der Waals surface area contributed by atoms with E-state index in [0.29, 0.717) is 0 Å². The summed E-state index contributed by atoms with van der Waals surface area (Å²) in [5.74, 6) is 4.06. The molecule has 0 N–H and O–H groups in total. The highest BCUT2D eigenvalue weighted by molar-refractivity contribution is 9.10. The van der Waals surface area contributed by atoms with Crippen molar-refractivity contribution in [1.29, 1.82) is 0 Å². The van der Waals surface area contributed by atoms with Gasteiger partial charge < -0.3 is 9.80 Å². The molecule has 1 aliphatic rings. The van der Waals surface area contributed by atoms with Crippen LogP contribution < -0.4 is 9.80 Å². The van der Waals surface area contributed by atoms with Crippen molar-refractivity contribution in [3.63, 3.8) is 0 Å². The van der Waals surface area contributed by atoms with Gasteiger partial charge in [-0.2, -0.15) is 0 Å². The highest BCUT2D eigenvalue weighted by atomic mass is 79.9. The summed E-state index contributed by atoms with van der Waals surface area (Å²) in [5.41, 5.74) is 2.58. The molecule has 0 aromatic heterocycles. The number of thioether (sulfide) groups is 2. The monoisotopic (exact) mass is 458 g/mol. The van der Waals surface area contributed by atoms with E-state index in [1.807, 2.05) is 23.5 Å². The smallest absolute Gasteiger partial charge is 0.0665 e. The third-order valence-electron chi connectivity index (χ3n) is 3.37. The molecule has 3 rings (SSSR count). The first-order valence-electron chi connectivity index (χ1n) is 6.89. The zero-order chi connectivity index (χ0) is 15.4. The fourth-order valence-corrected chi connectivity index (χ4v) is 4.97. The van der Waals surface area contributed by atoms with Crippen molar-refractivity contribution in [2.75, 3.05) is 33.3 Å². The normalized spacial score (nSPS) is 16.3. The molecule has 0 radical (unpaired) electrons. The van der Waals surface area contributed by atoms with Gasteiger partial charge in [-0.05, 0) is 48.5 Å². The molecular formula is C16H16Br2N2S2. The standard InChI is InChI=1S/C16H16Br2N2S2/c17-13-1-5-15(6-2-13)19-9-21-11-20(12-22-10-19)16-7-3-14(18)4-8-16/h1-8H,9-12H2. The number of halogens is 2. The Morgan fingerprint density at radius 1 is 0.591 bits per heavy atom. The van der Waals surface area contributed by atoms with Crippen molar-refractivity contribution in [1.82, 2.24) is 0 Å². The first-order chi connectivity index (χ1) is 10.7. The summed E-state index contributed by atoms with van der Waals surface area (Å²) in [4.78, 5) is 4.86. The number of rotatable bonds is 2. The Morgan fingerprint density at radius 3 is 1.23 bits per heavy atom. The van der Waals surface area contributed by atoms with E-state index in [9.17, 15) is 0 Å². The molecule has 0 saturated carbocycles. The zero-order valence-electron chi connectivity index (χ0n) is 11.9. The van der Waals surface area contributed by atoms with E-state index >= 15 is 0 Å². The van der Waals surface area contributed by atoms with E-state index in [1.54, 1.807) is 0 Å². The van der Waals surface area contributed by atoms with E-state index < -0.39 is 0 Å². The van der Waals surface area contributed by atoms with Gasteiger partial charge in [0.15, 0.2) is 0 Å². The molecule has 1 fully saturated rings. The number of benzene rings is 2. The third-order valence-corrected chi connectivity index (χ3v) is 6.41. The molecule has 2 aromatic rings. The zero-order valence-corrected chi connectivity index (χ0v) is 16.7. The Bertz CT molecular complexity index is 541. The molecule has 22 heavy (non-hydrogen) atoms. The van der Waals surface area contributed by atoms with Gasteiger partial charge in [0.05, 0.1) is 23.5 Å². The van der Waals surface area contributed by atoms with Crippen LogP contribution in [-0.4, -0.2) is 23.5 Å². The lowest BCUT2D eigenvalue weighted by Gasteiger charge is -2.32. The van der Waals surface area contributed by atoms with Crippen LogP contribution in [0.4, 0.5) is 11.4 Å². The van der Waals surface area contributed by atoms with Crippen LogP contribution in [-0.2, 0) is 0 Å². The van der Waals surface area contributed by atoms with E-state index in [1.165, 1.54) is 11.4 Å². The molecule has 1 aliphatic heterocycles. The van der Waals surface area contributed by atoms with Gasteiger partial charge >= 0.3 is 0 Å². The second-order valence-corrected chi connectivity index (χ2v) is 8.64. The third kappa shape index (κ3) is 4.37. The van der Waals surface area contributed by atoms with Crippen LogP contribution in [0.25, 0.3) is 0 Å². The molecule has 0 amide bonds. The molecular weight excluding hydrogens is 444 g/mol. The molecule has 2 nitrogen and oxygen atoms in total. The van der Waals surface area contributed by atoms with Gasteiger partial charge in [-0.15, -0.1) is 23.5 Å². The largest absolute Gasteiger partial charge is 0.353 e. The molecule has 0 aliphatic carbocycles. The minimum Gasteiger partial charge on any atom is -0.353 e. The predicted octanol–water partition coefficient (Wildman–Crippen LogP) is 5.83. The van der Waals surface area contributed by atoms with Crippen LogP contribution in [0.2, 0.25) is 0 Å². The van der Waals surface area contributed by atoms with Crippen molar-refractivity contribution in [2.24, 2.45) is 0 Å². The fraction of sp³-hybridized carbons (Fsp3) is 0.250. The maximum atomic E-state index is 3.50. The summed E-state index contributed by atoms with van der Waals surface area (Å²) in [5, 5.41) is 0. The molecule has 1 saturated heterocycles. The lowest BCUT2D eigenvalue weighted by atomic mass is 10.3. The Balaban J connectivity index is 1.62. The Hall–Kier alpha value is -0.300. The Kier molecular flexibility index (Phi) is 6.02. The average molecular weight is 460 g/mol. The maximum Gasteiger partial charge on any atom is 0.0665 e. The van der Waals surface area contributed by atoms with Gasteiger partial charge in [0, 0.05) is 20.3 Å². The average Bonchev–Trinajstić information content (AvgIpc) is 2.50. The van der Waals surface area contributed by atoms with E-state index in [2.05, 4.69) is 90.2 Å². The molecule has 0 unspecified atom stereocenters. The SMILES string of the molecule is Brc1ccc(N2CSCN(c3ccc(Br)cc3)CSC2)cc1. The van der Waals surface area contributed by atoms with Crippen molar-refractivity contribution in [3.8, 4) is 0 Å². The van der Waals surface area contributed by atoms with Crippen molar-refractivity contribution in [2.45, 2.75) is 0 Å². The summed E-state index contributed by atoms with van der Waals surface area (Å²) >= 11 is 10.9. The molecule has 1 heterocycles. The van der Waals surface area contributed by atoms with Crippen molar-refractivity contribution in [3.05, 3.63) is 57.5 Å². The topological polar surface area (TPSA) is 6.48 Å². The number of hydrogen-bond donors (Lipinski definition) is 0. The highest BCUT2D eigenvalue weighted by Crippen LogP contribution is 2.28. The van der Waals surface area contributed by atoms with Crippen molar-refractivity contribution >= 4 is 66.8 Å². The lowest BCUT2D eigenvalue weighted by molar-refractivity contribution is 1.01. The second kappa shape index (κ2) is 7.99. The Labute approximate surface area is 156 Å². The maximum absolute atomic E-state index is 3.50. The van der Waals surface area contributed by atoms with Gasteiger partial charge in [0.25, 0.3) is 0 Å². The van der Waals surface area contributed by atoms with Crippen molar-refractivity contribution < 1.29 is 0 Å². The summed E-state index contributed by atoms with van der Waals surface area (Å²) < 4.78 is 2.26. The van der Waals surface area contributed by atoms with Gasteiger partial charge in [-0.3, -0.25) is 0 Å². The summed E-state index contributed by atoms with van der Waals surface area (Å²) in [6.07, 6.45) is 0. The van der Waals surface area contributed by atoms with E-state index in [4.69, 9.17) is 0 Å². The van der Waals surface area contributed by atoms with Gasteiger partial charge in [0.1, 0.15) is 0 Å². The molecule has 0 atom stereocenters. The van der Waals surface area contributed by atoms with Crippen LogP contribution >= 0.6 is 55.4 Å². The van der Waals surface area contributed by atoms with E-state index in [-0.39, 0.29) is 0 Å². The minimum absolute atomic E-state index is 1.02. The van der Waals surface area contributed by atoms with E-state index in [0.717, 1.165) is 32.5 Å². The predicted molar refractivity (Wildman–Crippen MR) is 108 cm³/mol. The Morgan fingerprint density at radius 2 is 0.909 bits per heavy atom. The molecule has 116 valence electrons. The first-order valence-corrected chi connectivity index (χ1v) is 10.8. The highest BCUT2D eigenvalue weighted by Gasteiger charge is 2.14. The number of hydrogen-bond acceptors (Lipinski definition) is 4. The molecule has 0 bridgehead atoms. The van der Waals surface area contributed by atoms with Crippen LogP contribution in [0, 0.1) is 0 Å². The number of nitrogens with zero attached hydrogens (tertiary/aromatic N) is 2. The van der Waals surface area contributed by atoms with Gasteiger partial charge in [-0.25, -0.2) is 0 Å². The minimum atomic E-state index is 1.02. The summed E-state index contributed by atoms with van der Waals surface area (Å²) in [6, 6.07) is 17.2. The molecule has 0 spiro atoms. The number of anilines is 2. The first kappa shape index (κ1) is 16.6.